The molecule has 2 amide bonds. The van der Waals surface area contributed by atoms with Crippen molar-refractivity contribution in [3.63, 3.8) is 0 Å². The number of hydrogen-bond donors (Lipinski definition) is 2. The zero-order valence-corrected chi connectivity index (χ0v) is 14.4. The van der Waals surface area contributed by atoms with E-state index in [4.69, 9.17) is 4.42 Å². The van der Waals surface area contributed by atoms with E-state index >= 15 is 0 Å². The Kier molecular flexibility index (Phi) is 4.56. The van der Waals surface area contributed by atoms with Gasteiger partial charge in [-0.1, -0.05) is 12.1 Å². The van der Waals surface area contributed by atoms with Crippen molar-refractivity contribution >= 4 is 22.8 Å². The van der Waals surface area contributed by atoms with Crippen LogP contribution in [0.3, 0.4) is 0 Å². The Bertz CT molecular complexity index is 939. The van der Waals surface area contributed by atoms with E-state index in [1.165, 1.54) is 0 Å². The van der Waals surface area contributed by atoms with Gasteiger partial charge in [0.1, 0.15) is 12.1 Å². The Morgan fingerprint density at radius 2 is 1.88 bits per heavy atom. The van der Waals surface area contributed by atoms with Gasteiger partial charge in [-0.2, -0.15) is 5.10 Å². The lowest BCUT2D eigenvalue weighted by Crippen LogP contribution is -2.44. The molecule has 2 heterocycles. The Hall–Kier alpha value is -3.09. The highest BCUT2D eigenvalue weighted by Crippen LogP contribution is 2.22. The van der Waals surface area contributed by atoms with Crippen molar-refractivity contribution in [2.75, 3.05) is 0 Å². The lowest BCUT2D eigenvalue weighted by Gasteiger charge is -2.08. The fraction of sp³-hybridized carbons (Fsp3) is 0.278. The van der Waals surface area contributed by atoms with Crippen molar-refractivity contribution in [1.29, 1.82) is 0 Å². The predicted molar refractivity (Wildman–Crippen MR) is 92.6 cm³/mol. The van der Waals surface area contributed by atoms with Gasteiger partial charge in [-0.15, -0.1) is 0 Å². The van der Waals surface area contributed by atoms with Gasteiger partial charge in [0.25, 0.3) is 5.91 Å². The second-order valence-electron chi connectivity index (χ2n) is 6.12. The number of carbonyl (C=O) groups excluding carboxylic acids is 2. The average Bonchev–Trinajstić information content (AvgIpc) is 3.08. The lowest BCUT2D eigenvalue weighted by atomic mass is 10.1. The molecule has 3 aromatic rings. The molecule has 0 aliphatic rings. The molecule has 1 aromatic carbocycles. The third-order valence-electron chi connectivity index (χ3n) is 3.90. The number of hydrogen-bond acceptors (Lipinski definition) is 4. The molecule has 0 aliphatic heterocycles. The second-order valence-corrected chi connectivity index (χ2v) is 6.12. The standard InChI is InChI=1S/C18H20N4O3/c1-11-4-5-15-14(10-25-16(15)6-11)8-17(23)19-20-18(24)9-22-13(3)7-12(2)21-22/h4-7,10H,8-9H2,1-3H3,(H,19,23)(H,20,24). The summed E-state index contributed by atoms with van der Waals surface area (Å²) in [4.78, 5) is 24.0. The smallest absolute Gasteiger partial charge is 0.260 e. The Labute approximate surface area is 145 Å². The van der Waals surface area contributed by atoms with Crippen LogP contribution in [0.1, 0.15) is 22.5 Å². The normalized spacial score (nSPS) is 10.8. The van der Waals surface area contributed by atoms with Gasteiger partial charge in [0.05, 0.1) is 18.4 Å². The van der Waals surface area contributed by atoms with Crippen LogP contribution in [0, 0.1) is 20.8 Å². The third-order valence-corrected chi connectivity index (χ3v) is 3.90. The van der Waals surface area contributed by atoms with Crippen molar-refractivity contribution in [3.8, 4) is 0 Å². The van der Waals surface area contributed by atoms with Gasteiger partial charge >= 0.3 is 0 Å². The van der Waals surface area contributed by atoms with Crippen LogP contribution in [-0.2, 0) is 22.6 Å². The first-order valence-corrected chi connectivity index (χ1v) is 7.98. The zero-order valence-electron chi connectivity index (χ0n) is 14.4. The first kappa shape index (κ1) is 16.8. The minimum Gasteiger partial charge on any atom is -0.464 e. The molecule has 0 saturated heterocycles. The zero-order chi connectivity index (χ0) is 18.0. The first-order valence-electron chi connectivity index (χ1n) is 7.98. The van der Waals surface area contributed by atoms with Gasteiger partial charge in [-0.05, 0) is 38.5 Å². The monoisotopic (exact) mass is 340 g/mol. The van der Waals surface area contributed by atoms with Gasteiger partial charge in [0, 0.05) is 16.6 Å². The summed E-state index contributed by atoms with van der Waals surface area (Å²) in [6.45, 7) is 5.76. The Morgan fingerprint density at radius 1 is 1.12 bits per heavy atom. The number of nitrogens with one attached hydrogen (secondary N) is 2. The molecule has 0 aliphatic carbocycles. The van der Waals surface area contributed by atoms with Crippen molar-refractivity contribution in [2.24, 2.45) is 0 Å². The number of nitrogens with zero attached hydrogens (tertiary/aromatic N) is 2. The van der Waals surface area contributed by atoms with Crippen LogP contribution in [0.4, 0.5) is 0 Å². The molecule has 0 saturated carbocycles. The third kappa shape index (κ3) is 3.88. The SMILES string of the molecule is Cc1ccc2c(CC(=O)NNC(=O)Cn3nc(C)cc3C)coc2c1. The summed E-state index contributed by atoms with van der Waals surface area (Å²) in [7, 11) is 0. The van der Waals surface area contributed by atoms with E-state index < -0.39 is 0 Å². The molecular formula is C18H20N4O3. The number of rotatable bonds is 4. The minimum atomic E-state index is -0.341. The molecule has 0 radical (unpaired) electrons. The summed E-state index contributed by atoms with van der Waals surface area (Å²) in [5, 5.41) is 5.11. The number of aryl methyl sites for hydroxylation is 3. The highest BCUT2D eigenvalue weighted by Gasteiger charge is 2.12. The molecule has 3 rings (SSSR count). The summed E-state index contributed by atoms with van der Waals surface area (Å²) in [6.07, 6.45) is 1.69. The topological polar surface area (TPSA) is 89.2 Å². The van der Waals surface area contributed by atoms with Crippen LogP contribution in [0.15, 0.2) is 34.9 Å². The average molecular weight is 340 g/mol. The number of amides is 2. The highest BCUT2D eigenvalue weighted by atomic mass is 16.3. The molecule has 7 heteroatoms. The fourth-order valence-electron chi connectivity index (χ4n) is 2.69. The van der Waals surface area contributed by atoms with E-state index in [0.717, 1.165) is 33.5 Å². The van der Waals surface area contributed by atoms with E-state index in [1.807, 2.05) is 45.0 Å². The predicted octanol–water partition coefficient (Wildman–Crippen LogP) is 1.94. The fourth-order valence-corrected chi connectivity index (χ4v) is 2.69. The summed E-state index contributed by atoms with van der Waals surface area (Å²) in [5.74, 6) is -0.655. The van der Waals surface area contributed by atoms with Crippen LogP contribution in [0.5, 0.6) is 0 Å². The van der Waals surface area contributed by atoms with Crippen LogP contribution in [-0.4, -0.2) is 21.6 Å². The van der Waals surface area contributed by atoms with E-state index in [9.17, 15) is 9.59 Å². The lowest BCUT2D eigenvalue weighted by molar-refractivity contribution is -0.129. The number of carbonyl (C=O) groups is 2. The minimum absolute atomic E-state index is 0.0495. The summed E-state index contributed by atoms with van der Waals surface area (Å²) >= 11 is 0. The van der Waals surface area contributed by atoms with E-state index in [2.05, 4.69) is 16.0 Å². The maximum Gasteiger partial charge on any atom is 0.260 e. The second kappa shape index (κ2) is 6.80. The highest BCUT2D eigenvalue weighted by molar-refractivity contribution is 5.89. The summed E-state index contributed by atoms with van der Waals surface area (Å²) in [6, 6.07) is 7.71. The van der Waals surface area contributed by atoms with Crippen LogP contribution < -0.4 is 10.9 Å². The molecule has 0 atom stereocenters. The van der Waals surface area contributed by atoms with Gasteiger partial charge in [0.2, 0.25) is 5.91 Å². The largest absolute Gasteiger partial charge is 0.464 e. The van der Waals surface area contributed by atoms with Crippen molar-refractivity contribution in [3.05, 3.63) is 53.0 Å². The van der Waals surface area contributed by atoms with Gasteiger partial charge < -0.3 is 4.42 Å². The first-order chi connectivity index (χ1) is 11.9. The molecule has 0 bridgehead atoms. The number of furan rings is 1. The van der Waals surface area contributed by atoms with Crippen LogP contribution >= 0.6 is 0 Å². The van der Waals surface area contributed by atoms with Crippen LogP contribution in [0.2, 0.25) is 0 Å². The number of benzene rings is 1. The molecule has 0 fully saturated rings. The van der Waals surface area contributed by atoms with E-state index in [-0.39, 0.29) is 24.8 Å². The Morgan fingerprint density at radius 3 is 2.60 bits per heavy atom. The molecule has 2 N–H and O–H groups in total. The molecule has 0 spiro atoms. The van der Waals surface area contributed by atoms with Gasteiger partial charge in [0.15, 0.2) is 0 Å². The Balaban J connectivity index is 1.55. The molecule has 7 nitrogen and oxygen atoms in total. The van der Waals surface area contributed by atoms with Crippen molar-refractivity contribution in [1.82, 2.24) is 20.6 Å². The maximum atomic E-state index is 12.1. The van der Waals surface area contributed by atoms with Gasteiger partial charge in [-0.25, -0.2) is 0 Å². The molecule has 2 aromatic heterocycles. The quantitative estimate of drug-likeness (QED) is 0.711. The number of aromatic nitrogens is 2. The molecule has 130 valence electrons. The van der Waals surface area contributed by atoms with Crippen LogP contribution in [0.25, 0.3) is 11.0 Å². The summed E-state index contributed by atoms with van der Waals surface area (Å²) < 4.78 is 7.06. The van der Waals surface area contributed by atoms with Crippen molar-refractivity contribution in [2.45, 2.75) is 33.7 Å². The number of hydrazine groups is 1. The van der Waals surface area contributed by atoms with E-state index in [0.29, 0.717) is 0 Å². The molecule has 25 heavy (non-hydrogen) atoms. The maximum absolute atomic E-state index is 12.1. The summed E-state index contributed by atoms with van der Waals surface area (Å²) in [5.41, 5.74) is 9.18. The number of fused-ring (bicyclic) bond motifs is 1. The van der Waals surface area contributed by atoms with E-state index in [1.54, 1.807) is 10.9 Å². The molecule has 0 unspecified atom stereocenters. The molecular weight excluding hydrogens is 320 g/mol. The van der Waals surface area contributed by atoms with Crippen molar-refractivity contribution < 1.29 is 14.0 Å². The van der Waals surface area contributed by atoms with Gasteiger partial charge in [-0.3, -0.25) is 25.1 Å².